The number of aliphatic carboxylic acids is 1. The molecule has 9 heteroatoms. The van der Waals surface area contributed by atoms with E-state index in [1.54, 1.807) is 19.9 Å². The Morgan fingerprint density at radius 2 is 1.71 bits per heavy atom. The molecule has 0 aliphatic rings. The largest absolute Gasteiger partial charge is 0.480 e. The molecular formula is C29H28ClN3O5. The number of rotatable bonds is 10. The van der Waals surface area contributed by atoms with Gasteiger partial charge in [0, 0.05) is 17.1 Å². The van der Waals surface area contributed by atoms with Crippen LogP contribution in [0.15, 0.2) is 83.4 Å². The van der Waals surface area contributed by atoms with Crippen molar-refractivity contribution in [3.63, 3.8) is 0 Å². The molecule has 1 heterocycles. The molecule has 0 saturated heterocycles. The second-order valence-corrected chi connectivity index (χ2v) is 9.23. The number of aromatic nitrogens is 1. The molecule has 38 heavy (non-hydrogen) atoms. The number of hydrogen-bond donors (Lipinski definition) is 3. The predicted molar refractivity (Wildman–Crippen MR) is 145 cm³/mol. The zero-order chi connectivity index (χ0) is 27.1. The average molecular weight is 534 g/mol. The van der Waals surface area contributed by atoms with Crippen LogP contribution < -0.4 is 10.6 Å². The summed E-state index contributed by atoms with van der Waals surface area (Å²) in [5.41, 5.74) is 4.16. The number of halogens is 1. The predicted octanol–water partition coefficient (Wildman–Crippen LogP) is 6.40. The van der Waals surface area contributed by atoms with Gasteiger partial charge in [-0.2, -0.15) is 0 Å². The molecule has 0 fully saturated rings. The first kappa shape index (κ1) is 26.9. The molecule has 0 aliphatic carbocycles. The zero-order valence-corrected chi connectivity index (χ0v) is 21.7. The molecule has 0 spiro atoms. The van der Waals surface area contributed by atoms with Gasteiger partial charge in [0.05, 0.1) is 0 Å². The van der Waals surface area contributed by atoms with Gasteiger partial charge in [-0.1, -0.05) is 89.6 Å². The van der Waals surface area contributed by atoms with Crippen LogP contribution in [0.3, 0.4) is 0 Å². The molecule has 3 N–H and O–H groups in total. The van der Waals surface area contributed by atoms with Gasteiger partial charge in [-0.25, -0.2) is 4.79 Å². The molecule has 0 radical (unpaired) electrons. The summed E-state index contributed by atoms with van der Waals surface area (Å²) in [6, 6.07) is 23.2. The third-order valence-electron chi connectivity index (χ3n) is 6.09. The molecule has 2 atom stereocenters. The Bertz CT molecular complexity index is 1390. The van der Waals surface area contributed by atoms with Crippen LogP contribution in [-0.2, 0) is 22.5 Å². The highest BCUT2D eigenvalue weighted by molar-refractivity contribution is 6.31. The van der Waals surface area contributed by atoms with E-state index in [1.807, 2.05) is 72.8 Å². The van der Waals surface area contributed by atoms with Crippen molar-refractivity contribution in [2.24, 2.45) is 0 Å². The molecule has 8 nitrogen and oxygen atoms in total. The summed E-state index contributed by atoms with van der Waals surface area (Å²) in [7, 11) is 0. The number of carbonyl (C=O) groups is 2. The SMILES string of the molecule is Cc1noc(-c2ccc(CNC(Cc3ccccc3Cl)C(=O)O)cc2)c1NC(=O)O[C@H](C)c1ccccc1. The molecule has 4 rings (SSSR count). The minimum atomic E-state index is -0.956. The summed E-state index contributed by atoms with van der Waals surface area (Å²) < 4.78 is 11.0. The maximum atomic E-state index is 12.6. The lowest BCUT2D eigenvalue weighted by Gasteiger charge is -2.16. The monoisotopic (exact) mass is 533 g/mol. The van der Waals surface area contributed by atoms with Crippen molar-refractivity contribution < 1.29 is 24.0 Å². The van der Waals surface area contributed by atoms with Crippen molar-refractivity contribution in [2.45, 2.75) is 39.0 Å². The minimum absolute atomic E-state index is 0.262. The molecule has 0 saturated carbocycles. The first-order valence-corrected chi connectivity index (χ1v) is 12.5. The van der Waals surface area contributed by atoms with Gasteiger partial charge in [0.25, 0.3) is 0 Å². The third-order valence-corrected chi connectivity index (χ3v) is 6.46. The van der Waals surface area contributed by atoms with E-state index in [2.05, 4.69) is 15.8 Å². The fourth-order valence-electron chi connectivity index (χ4n) is 3.94. The van der Waals surface area contributed by atoms with E-state index >= 15 is 0 Å². The van der Waals surface area contributed by atoms with Crippen molar-refractivity contribution in [1.82, 2.24) is 10.5 Å². The van der Waals surface area contributed by atoms with Gasteiger partial charge in [-0.3, -0.25) is 10.1 Å². The van der Waals surface area contributed by atoms with E-state index in [1.165, 1.54) is 0 Å². The Morgan fingerprint density at radius 3 is 2.39 bits per heavy atom. The Labute approximate surface area is 225 Å². The second-order valence-electron chi connectivity index (χ2n) is 8.82. The van der Waals surface area contributed by atoms with Crippen LogP contribution in [0.2, 0.25) is 5.02 Å². The molecule has 1 aromatic heterocycles. The van der Waals surface area contributed by atoms with Crippen molar-refractivity contribution in [3.8, 4) is 11.3 Å². The van der Waals surface area contributed by atoms with E-state index < -0.39 is 24.2 Å². The van der Waals surface area contributed by atoms with Crippen molar-refractivity contribution in [3.05, 3.63) is 106 Å². The number of benzene rings is 3. The molecule has 0 aliphatic heterocycles. The Balaban J connectivity index is 1.40. The second kappa shape index (κ2) is 12.4. The topological polar surface area (TPSA) is 114 Å². The Hall–Kier alpha value is -4.14. The third kappa shape index (κ3) is 6.79. The summed E-state index contributed by atoms with van der Waals surface area (Å²) in [6.07, 6.45) is -0.787. The van der Waals surface area contributed by atoms with Crippen molar-refractivity contribution in [1.29, 1.82) is 0 Å². The van der Waals surface area contributed by atoms with Gasteiger partial charge in [0.15, 0.2) is 5.76 Å². The summed E-state index contributed by atoms with van der Waals surface area (Å²) in [4.78, 5) is 24.4. The molecule has 1 amide bonds. The summed E-state index contributed by atoms with van der Waals surface area (Å²) >= 11 is 6.20. The first-order chi connectivity index (χ1) is 18.3. The van der Waals surface area contributed by atoms with E-state index in [0.29, 0.717) is 34.3 Å². The standard InChI is InChI=1S/C29H28ClN3O5/c1-18-26(32-29(36)37-19(2)21-8-4-3-5-9-21)27(38-33-18)22-14-12-20(13-15-22)17-31-25(28(34)35)16-23-10-6-7-11-24(23)30/h3-15,19,25,31H,16-17H2,1-2H3,(H,32,36)(H,34,35)/t19-,25?/m1/s1. The smallest absolute Gasteiger partial charge is 0.412 e. The quantitative estimate of drug-likeness (QED) is 0.216. The highest BCUT2D eigenvalue weighted by atomic mass is 35.5. The molecular weight excluding hydrogens is 506 g/mol. The van der Waals surface area contributed by atoms with Gasteiger partial charge in [-0.15, -0.1) is 0 Å². The highest BCUT2D eigenvalue weighted by Crippen LogP contribution is 2.31. The van der Waals surface area contributed by atoms with Gasteiger partial charge in [-0.05, 0) is 43.0 Å². The lowest BCUT2D eigenvalue weighted by atomic mass is 10.0. The fraction of sp³-hybridized carbons (Fsp3) is 0.207. The van der Waals surface area contributed by atoms with Crippen LogP contribution in [0.5, 0.6) is 0 Å². The number of carboxylic acid groups (broad SMARTS) is 1. The number of carboxylic acids is 1. The molecule has 0 bridgehead atoms. The number of hydrogen-bond acceptors (Lipinski definition) is 6. The molecule has 3 aromatic carbocycles. The van der Waals surface area contributed by atoms with E-state index in [4.69, 9.17) is 20.9 Å². The van der Waals surface area contributed by atoms with E-state index in [-0.39, 0.29) is 6.42 Å². The van der Waals surface area contributed by atoms with Gasteiger partial charge < -0.3 is 19.7 Å². The van der Waals surface area contributed by atoms with Gasteiger partial charge in [0.1, 0.15) is 23.5 Å². The number of aryl methyl sites for hydroxylation is 1. The molecule has 4 aromatic rings. The molecule has 1 unspecified atom stereocenters. The van der Waals surface area contributed by atoms with Crippen molar-refractivity contribution >= 4 is 29.4 Å². The first-order valence-electron chi connectivity index (χ1n) is 12.1. The van der Waals surface area contributed by atoms with Gasteiger partial charge in [0.2, 0.25) is 0 Å². The lowest BCUT2D eigenvalue weighted by Crippen LogP contribution is -2.38. The Morgan fingerprint density at radius 1 is 1.03 bits per heavy atom. The summed E-state index contributed by atoms with van der Waals surface area (Å²) in [6.45, 7) is 3.87. The van der Waals surface area contributed by atoms with Gasteiger partial charge >= 0.3 is 12.1 Å². The van der Waals surface area contributed by atoms with Crippen LogP contribution >= 0.6 is 11.6 Å². The number of nitrogens with zero attached hydrogens (tertiary/aromatic N) is 1. The van der Waals surface area contributed by atoms with Crippen LogP contribution in [-0.4, -0.2) is 28.4 Å². The molecule has 196 valence electrons. The number of anilines is 1. The zero-order valence-electron chi connectivity index (χ0n) is 21.0. The van der Waals surface area contributed by atoms with Crippen molar-refractivity contribution in [2.75, 3.05) is 5.32 Å². The number of amides is 1. The van der Waals surface area contributed by atoms with E-state index in [9.17, 15) is 14.7 Å². The fourth-order valence-corrected chi connectivity index (χ4v) is 4.16. The lowest BCUT2D eigenvalue weighted by molar-refractivity contribution is -0.139. The highest BCUT2D eigenvalue weighted by Gasteiger charge is 2.21. The van der Waals surface area contributed by atoms with Crippen LogP contribution in [0.4, 0.5) is 10.5 Å². The normalized spacial score (nSPS) is 12.5. The number of carbonyl (C=O) groups excluding carboxylic acids is 1. The number of nitrogens with one attached hydrogen (secondary N) is 2. The summed E-state index contributed by atoms with van der Waals surface area (Å²) in [5, 5.41) is 20.0. The minimum Gasteiger partial charge on any atom is -0.480 e. The average Bonchev–Trinajstić information content (AvgIpc) is 3.27. The van der Waals surface area contributed by atoms with E-state index in [0.717, 1.165) is 16.7 Å². The van der Waals surface area contributed by atoms with Crippen LogP contribution in [0.25, 0.3) is 11.3 Å². The maximum absolute atomic E-state index is 12.6. The maximum Gasteiger partial charge on any atom is 0.412 e. The summed E-state index contributed by atoms with van der Waals surface area (Å²) in [5.74, 6) is -0.559. The Kier molecular flexibility index (Phi) is 8.78. The van der Waals surface area contributed by atoms with Crippen LogP contribution in [0.1, 0.15) is 35.4 Å². The van der Waals surface area contributed by atoms with Crippen LogP contribution in [0, 0.1) is 6.92 Å². The number of ether oxygens (including phenoxy) is 1.